The van der Waals surface area contributed by atoms with Crippen LogP contribution in [-0.4, -0.2) is 20.7 Å². The van der Waals surface area contributed by atoms with Gasteiger partial charge in [0.15, 0.2) is 0 Å². The largest absolute Gasteiger partial charge is 0.471 e. The number of nitrogens with zero attached hydrogens (tertiary/aromatic N) is 2. The SMILES string of the molecule is CCC(C)(C)Oc1cnc(CO)cn1. The summed E-state index contributed by atoms with van der Waals surface area (Å²) in [7, 11) is 0. The van der Waals surface area contributed by atoms with Gasteiger partial charge in [-0.05, 0) is 20.3 Å². The van der Waals surface area contributed by atoms with Crippen LogP contribution in [-0.2, 0) is 6.61 Å². The summed E-state index contributed by atoms with van der Waals surface area (Å²) >= 11 is 0. The summed E-state index contributed by atoms with van der Waals surface area (Å²) < 4.78 is 5.60. The number of hydrogen-bond donors (Lipinski definition) is 1. The second kappa shape index (κ2) is 4.37. The van der Waals surface area contributed by atoms with Crippen molar-refractivity contribution < 1.29 is 9.84 Å². The van der Waals surface area contributed by atoms with Crippen LogP contribution >= 0.6 is 0 Å². The zero-order valence-electron chi connectivity index (χ0n) is 8.82. The Bertz CT molecular complexity index is 283. The molecule has 1 heterocycles. The molecule has 14 heavy (non-hydrogen) atoms. The second-order valence-electron chi connectivity index (χ2n) is 3.72. The van der Waals surface area contributed by atoms with Crippen LogP contribution in [0.4, 0.5) is 0 Å². The predicted octanol–water partition coefficient (Wildman–Crippen LogP) is 1.54. The maximum atomic E-state index is 8.76. The molecule has 78 valence electrons. The minimum absolute atomic E-state index is 0.0928. The number of aliphatic hydroxyl groups is 1. The van der Waals surface area contributed by atoms with E-state index in [-0.39, 0.29) is 12.2 Å². The van der Waals surface area contributed by atoms with Crippen LogP contribution in [0, 0.1) is 0 Å². The average Bonchev–Trinajstić information content (AvgIpc) is 2.19. The first-order valence-electron chi connectivity index (χ1n) is 4.68. The first-order valence-corrected chi connectivity index (χ1v) is 4.68. The van der Waals surface area contributed by atoms with Gasteiger partial charge in [0.05, 0.1) is 24.7 Å². The fourth-order valence-corrected chi connectivity index (χ4v) is 0.833. The van der Waals surface area contributed by atoms with E-state index in [4.69, 9.17) is 9.84 Å². The molecule has 0 atom stereocenters. The van der Waals surface area contributed by atoms with E-state index in [1.54, 1.807) is 0 Å². The topological polar surface area (TPSA) is 55.2 Å². The molecule has 0 unspecified atom stereocenters. The fourth-order valence-electron chi connectivity index (χ4n) is 0.833. The summed E-state index contributed by atoms with van der Waals surface area (Å²) in [6.45, 7) is 5.95. The Kier molecular flexibility index (Phi) is 3.41. The lowest BCUT2D eigenvalue weighted by Crippen LogP contribution is -2.27. The van der Waals surface area contributed by atoms with Crippen LogP contribution in [0.15, 0.2) is 12.4 Å². The van der Waals surface area contributed by atoms with Gasteiger partial charge in [0.2, 0.25) is 5.88 Å². The first kappa shape index (κ1) is 10.9. The summed E-state index contributed by atoms with van der Waals surface area (Å²) in [6.07, 6.45) is 3.94. The van der Waals surface area contributed by atoms with Gasteiger partial charge in [0, 0.05) is 0 Å². The van der Waals surface area contributed by atoms with Crippen LogP contribution in [0.2, 0.25) is 0 Å². The van der Waals surface area contributed by atoms with Gasteiger partial charge in [-0.15, -0.1) is 0 Å². The predicted molar refractivity (Wildman–Crippen MR) is 53.0 cm³/mol. The third kappa shape index (κ3) is 2.96. The standard InChI is InChI=1S/C10H16N2O2/c1-4-10(2,3)14-9-6-11-8(7-13)5-12-9/h5-6,13H,4,7H2,1-3H3. The van der Waals surface area contributed by atoms with Crippen molar-refractivity contribution in [2.75, 3.05) is 0 Å². The molecule has 1 rings (SSSR count). The minimum atomic E-state index is -0.227. The lowest BCUT2D eigenvalue weighted by molar-refractivity contribution is 0.0982. The lowest BCUT2D eigenvalue weighted by atomic mass is 10.1. The monoisotopic (exact) mass is 196 g/mol. The van der Waals surface area contributed by atoms with Gasteiger partial charge in [-0.2, -0.15) is 0 Å². The van der Waals surface area contributed by atoms with Crippen molar-refractivity contribution in [2.45, 2.75) is 39.4 Å². The van der Waals surface area contributed by atoms with Gasteiger partial charge < -0.3 is 9.84 Å². The summed E-state index contributed by atoms with van der Waals surface area (Å²) in [4.78, 5) is 8.02. The molecule has 1 aromatic heterocycles. The van der Waals surface area contributed by atoms with E-state index in [9.17, 15) is 0 Å². The molecule has 1 aromatic rings. The van der Waals surface area contributed by atoms with Gasteiger partial charge in [0.1, 0.15) is 5.60 Å². The van der Waals surface area contributed by atoms with Crippen molar-refractivity contribution in [2.24, 2.45) is 0 Å². The molecule has 0 aliphatic carbocycles. The van der Waals surface area contributed by atoms with Crippen molar-refractivity contribution in [1.29, 1.82) is 0 Å². The highest BCUT2D eigenvalue weighted by Gasteiger charge is 2.17. The van der Waals surface area contributed by atoms with Crippen LogP contribution in [0.1, 0.15) is 32.9 Å². The Labute approximate surface area is 84.0 Å². The van der Waals surface area contributed by atoms with Gasteiger partial charge in [-0.3, -0.25) is 4.98 Å². The first-order chi connectivity index (χ1) is 6.57. The molecule has 4 nitrogen and oxygen atoms in total. The fraction of sp³-hybridized carbons (Fsp3) is 0.600. The second-order valence-corrected chi connectivity index (χ2v) is 3.72. The normalized spacial score (nSPS) is 11.4. The number of hydrogen-bond acceptors (Lipinski definition) is 4. The maximum Gasteiger partial charge on any atom is 0.232 e. The van der Waals surface area contributed by atoms with Crippen LogP contribution in [0.25, 0.3) is 0 Å². The quantitative estimate of drug-likeness (QED) is 0.793. The molecule has 0 radical (unpaired) electrons. The van der Waals surface area contributed by atoms with Crippen molar-refractivity contribution in [3.63, 3.8) is 0 Å². The molecule has 0 fully saturated rings. The Balaban J connectivity index is 2.69. The minimum Gasteiger partial charge on any atom is -0.471 e. The van der Waals surface area contributed by atoms with Crippen LogP contribution in [0.3, 0.4) is 0 Å². The Hall–Kier alpha value is -1.16. The van der Waals surface area contributed by atoms with E-state index in [0.717, 1.165) is 6.42 Å². The molecule has 0 amide bonds. The lowest BCUT2D eigenvalue weighted by Gasteiger charge is -2.23. The van der Waals surface area contributed by atoms with Crippen molar-refractivity contribution in [3.8, 4) is 5.88 Å². The Morgan fingerprint density at radius 3 is 2.50 bits per heavy atom. The molecule has 0 bridgehead atoms. The molecular weight excluding hydrogens is 180 g/mol. The highest BCUT2D eigenvalue weighted by atomic mass is 16.5. The van der Waals surface area contributed by atoms with Crippen molar-refractivity contribution >= 4 is 0 Å². The van der Waals surface area contributed by atoms with Crippen molar-refractivity contribution in [1.82, 2.24) is 9.97 Å². The van der Waals surface area contributed by atoms with Gasteiger partial charge >= 0.3 is 0 Å². The van der Waals surface area contributed by atoms with E-state index < -0.39 is 0 Å². The van der Waals surface area contributed by atoms with Gasteiger partial charge in [-0.1, -0.05) is 6.92 Å². The summed E-state index contributed by atoms with van der Waals surface area (Å²) in [5.41, 5.74) is 0.321. The molecule has 0 saturated carbocycles. The molecule has 0 spiro atoms. The average molecular weight is 196 g/mol. The third-order valence-electron chi connectivity index (χ3n) is 2.08. The number of rotatable bonds is 4. The zero-order chi connectivity index (χ0) is 10.6. The molecule has 0 aliphatic heterocycles. The number of aliphatic hydroxyl groups excluding tert-OH is 1. The summed E-state index contributed by atoms with van der Waals surface area (Å²) in [5, 5.41) is 8.76. The molecular formula is C10H16N2O2. The molecule has 0 aromatic carbocycles. The van der Waals surface area contributed by atoms with E-state index in [1.165, 1.54) is 12.4 Å². The summed E-state index contributed by atoms with van der Waals surface area (Å²) in [5.74, 6) is 0.494. The molecule has 1 N–H and O–H groups in total. The van der Waals surface area contributed by atoms with Crippen molar-refractivity contribution in [3.05, 3.63) is 18.1 Å². The third-order valence-corrected chi connectivity index (χ3v) is 2.08. The highest BCUT2D eigenvalue weighted by Crippen LogP contribution is 2.17. The molecule has 4 heteroatoms. The van der Waals surface area contributed by atoms with Crippen LogP contribution < -0.4 is 4.74 Å². The Morgan fingerprint density at radius 1 is 1.36 bits per heavy atom. The van der Waals surface area contributed by atoms with E-state index in [0.29, 0.717) is 11.6 Å². The summed E-state index contributed by atoms with van der Waals surface area (Å²) in [6, 6.07) is 0. The van der Waals surface area contributed by atoms with Crippen LogP contribution in [0.5, 0.6) is 5.88 Å². The number of ether oxygens (including phenoxy) is 1. The zero-order valence-corrected chi connectivity index (χ0v) is 8.82. The Morgan fingerprint density at radius 2 is 2.07 bits per heavy atom. The van der Waals surface area contributed by atoms with Gasteiger partial charge in [0.25, 0.3) is 0 Å². The van der Waals surface area contributed by atoms with E-state index >= 15 is 0 Å². The van der Waals surface area contributed by atoms with Gasteiger partial charge in [-0.25, -0.2) is 4.98 Å². The number of aromatic nitrogens is 2. The molecule has 0 saturated heterocycles. The maximum absolute atomic E-state index is 8.76. The highest BCUT2D eigenvalue weighted by molar-refractivity contribution is 5.07. The molecule has 0 aliphatic rings. The van der Waals surface area contributed by atoms with E-state index in [2.05, 4.69) is 16.9 Å². The smallest absolute Gasteiger partial charge is 0.232 e. The van der Waals surface area contributed by atoms with E-state index in [1.807, 2.05) is 13.8 Å².